The van der Waals surface area contributed by atoms with E-state index in [2.05, 4.69) is 17.4 Å². The Morgan fingerprint density at radius 1 is 1.43 bits per heavy atom. The van der Waals surface area contributed by atoms with Crippen LogP contribution >= 0.6 is 12.6 Å². The fraction of sp³-hybridized carbons (Fsp3) is 0.750. The van der Waals surface area contributed by atoms with Crippen molar-refractivity contribution in [2.24, 2.45) is 5.92 Å². The van der Waals surface area contributed by atoms with E-state index in [1.54, 1.807) is 0 Å². The predicted molar refractivity (Wildman–Crippen MR) is 52.4 cm³/mol. The smallest absolute Gasteiger partial charge is 0.321 e. The van der Waals surface area contributed by atoms with Crippen LogP contribution in [-0.4, -0.2) is 42.6 Å². The quantitative estimate of drug-likeness (QED) is 0.278. The Balaban J connectivity index is 3.76. The minimum absolute atomic E-state index is 0.0667. The summed E-state index contributed by atoms with van der Waals surface area (Å²) >= 11 is 3.74. The number of carbonyl (C=O) groups excluding carboxylic acids is 1. The van der Waals surface area contributed by atoms with Crippen LogP contribution in [0.2, 0.25) is 0 Å². The summed E-state index contributed by atoms with van der Waals surface area (Å²) < 4.78 is 9.58. The molecule has 14 heavy (non-hydrogen) atoms. The summed E-state index contributed by atoms with van der Waals surface area (Å²) in [6.07, 6.45) is 0. The number of carboxylic acids is 1. The number of carbonyl (C=O) groups is 2. The Labute approximate surface area is 87.8 Å². The van der Waals surface area contributed by atoms with Gasteiger partial charge in [-0.3, -0.25) is 9.59 Å². The van der Waals surface area contributed by atoms with Crippen molar-refractivity contribution in [2.45, 2.75) is 6.92 Å². The van der Waals surface area contributed by atoms with E-state index in [0.717, 1.165) is 0 Å². The predicted octanol–water partition coefficient (Wildman–Crippen LogP) is 0.197. The molecule has 0 radical (unpaired) electrons. The lowest BCUT2D eigenvalue weighted by Gasteiger charge is -2.09. The molecule has 82 valence electrons. The van der Waals surface area contributed by atoms with Gasteiger partial charge in [-0.25, -0.2) is 0 Å². The summed E-state index contributed by atoms with van der Waals surface area (Å²) in [5, 5.41) is 8.57. The average Bonchev–Trinajstić information content (AvgIpc) is 2.13. The summed E-state index contributed by atoms with van der Waals surface area (Å²) in [6, 6.07) is 0. The molecule has 0 aromatic heterocycles. The van der Waals surface area contributed by atoms with Crippen molar-refractivity contribution in [3.05, 3.63) is 0 Å². The third-order valence-electron chi connectivity index (χ3n) is 1.44. The molecule has 5 nitrogen and oxygen atoms in total. The summed E-state index contributed by atoms with van der Waals surface area (Å²) in [5.41, 5.74) is 0. The second-order valence-corrected chi connectivity index (χ2v) is 2.80. The first-order valence-corrected chi connectivity index (χ1v) is 4.84. The van der Waals surface area contributed by atoms with Gasteiger partial charge >= 0.3 is 11.9 Å². The van der Waals surface area contributed by atoms with Crippen molar-refractivity contribution in [3.8, 4) is 0 Å². The maximum atomic E-state index is 11.1. The number of hydrogen-bond acceptors (Lipinski definition) is 5. The van der Waals surface area contributed by atoms with Gasteiger partial charge in [0.2, 0.25) is 0 Å². The van der Waals surface area contributed by atoms with Gasteiger partial charge in [0.05, 0.1) is 6.61 Å². The van der Waals surface area contributed by atoms with Crippen molar-refractivity contribution in [1.29, 1.82) is 0 Å². The molecule has 6 heteroatoms. The SMILES string of the molecule is CCOCCOC(=O)C(CS)C(=O)O. The fourth-order valence-corrected chi connectivity index (χ4v) is 1.00. The Hall–Kier alpha value is -0.750. The van der Waals surface area contributed by atoms with Gasteiger partial charge in [-0.05, 0) is 6.92 Å². The lowest BCUT2D eigenvalue weighted by molar-refractivity contribution is -0.158. The largest absolute Gasteiger partial charge is 0.481 e. The zero-order chi connectivity index (χ0) is 11.0. The first-order chi connectivity index (χ1) is 6.63. The van der Waals surface area contributed by atoms with E-state index in [1.165, 1.54) is 0 Å². The molecular formula is C8H14O5S. The molecule has 0 aliphatic carbocycles. The third-order valence-corrected chi connectivity index (χ3v) is 1.81. The van der Waals surface area contributed by atoms with E-state index >= 15 is 0 Å². The summed E-state index contributed by atoms with van der Waals surface area (Å²) in [7, 11) is 0. The molecule has 1 atom stereocenters. The Morgan fingerprint density at radius 2 is 2.07 bits per heavy atom. The monoisotopic (exact) mass is 222 g/mol. The highest BCUT2D eigenvalue weighted by Gasteiger charge is 2.25. The fourth-order valence-electron chi connectivity index (χ4n) is 0.700. The van der Waals surface area contributed by atoms with E-state index in [1.807, 2.05) is 6.92 Å². The molecule has 0 aromatic rings. The van der Waals surface area contributed by atoms with E-state index < -0.39 is 17.9 Å². The van der Waals surface area contributed by atoms with Crippen LogP contribution in [0.25, 0.3) is 0 Å². The summed E-state index contributed by atoms with van der Waals surface area (Å²) in [6.45, 7) is 2.70. The molecule has 0 spiro atoms. The minimum Gasteiger partial charge on any atom is -0.481 e. The van der Waals surface area contributed by atoms with Crippen molar-refractivity contribution in [3.63, 3.8) is 0 Å². The molecule has 0 heterocycles. The molecule has 0 aliphatic rings. The molecule has 0 amide bonds. The molecular weight excluding hydrogens is 208 g/mol. The second kappa shape index (κ2) is 7.64. The lowest BCUT2D eigenvalue weighted by Crippen LogP contribution is -2.28. The minimum atomic E-state index is -1.22. The molecule has 0 aliphatic heterocycles. The number of esters is 1. The maximum Gasteiger partial charge on any atom is 0.321 e. The van der Waals surface area contributed by atoms with Crippen LogP contribution in [0.5, 0.6) is 0 Å². The van der Waals surface area contributed by atoms with Gasteiger partial charge in [0.15, 0.2) is 5.92 Å². The second-order valence-electron chi connectivity index (χ2n) is 2.44. The number of rotatable bonds is 7. The standard InChI is InChI=1S/C8H14O5S/c1-2-12-3-4-13-8(11)6(5-14)7(9)10/h6,14H,2-5H2,1H3,(H,9,10). The van der Waals surface area contributed by atoms with Gasteiger partial charge in [0.1, 0.15) is 6.61 Å². The number of hydrogen-bond donors (Lipinski definition) is 2. The van der Waals surface area contributed by atoms with Crippen LogP contribution in [0.4, 0.5) is 0 Å². The van der Waals surface area contributed by atoms with Gasteiger partial charge in [0.25, 0.3) is 0 Å². The van der Waals surface area contributed by atoms with Crippen LogP contribution < -0.4 is 0 Å². The van der Waals surface area contributed by atoms with Gasteiger partial charge in [-0.2, -0.15) is 12.6 Å². The first-order valence-electron chi connectivity index (χ1n) is 4.21. The van der Waals surface area contributed by atoms with Crippen molar-refractivity contribution < 1.29 is 24.2 Å². The summed E-state index contributed by atoms with van der Waals surface area (Å²) in [4.78, 5) is 21.6. The Bertz CT molecular complexity index is 194. The van der Waals surface area contributed by atoms with E-state index in [-0.39, 0.29) is 19.0 Å². The third kappa shape index (κ3) is 5.08. The molecule has 0 aromatic carbocycles. The molecule has 0 bridgehead atoms. The van der Waals surface area contributed by atoms with Gasteiger partial charge in [-0.15, -0.1) is 0 Å². The highest BCUT2D eigenvalue weighted by atomic mass is 32.1. The molecule has 1 unspecified atom stereocenters. The number of carboxylic acid groups (broad SMARTS) is 1. The van der Waals surface area contributed by atoms with Crippen molar-refractivity contribution >= 4 is 24.6 Å². The highest BCUT2D eigenvalue weighted by molar-refractivity contribution is 7.80. The molecule has 0 saturated carbocycles. The van der Waals surface area contributed by atoms with Gasteiger partial charge in [-0.1, -0.05) is 0 Å². The average molecular weight is 222 g/mol. The zero-order valence-electron chi connectivity index (χ0n) is 7.93. The number of ether oxygens (including phenoxy) is 2. The Morgan fingerprint density at radius 3 is 2.50 bits per heavy atom. The number of thiol groups is 1. The first kappa shape index (κ1) is 13.2. The topological polar surface area (TPSA) is 72.8 Å². The van der Waals surface area contributed by atoms with Crippen molar-refractivity contribution in [1.82, 2.24) is 0 Å². The van der Waals surface area contributed by atoms with Gasteiger partial charge < -0.3 is 14.6 Å². The molecule has 0 rings (SSSR count). The van der Waals surface area contributed by atoms with Crippen LogP contribution in [0.15, 0.2) is 0 Å². The normalized spacial score (nSPS) is 12.1. The molecule has 0 fully saturated rings. The van der Waals surface area contributed by atoms with Crippen LogP contribution in [-0.2, 0) is 19.1 Å². The maximum absolute atomic E-state index is 11.1. The van der Waals surface area contributed by atoms with Crippen LogP contribution in [0, 0.1) is 5.92 Å². The zero-order valence-corrected chi connectivity index (χ0v) is 8.83. The van der Waals surface area contributed by atoms with Gasteiger partial charge in [0, 0.05) is 12.4 Å². The van der Waals surface area contributed by atoms with Crippen molar-refractivity contribution in [2.75, 3.05) is 25.6 Å². The lowest BCUT2D eigenvalue weighted by atomic mass is 10.2. The van der Waals surface area contributed by atoms with Crippen LogP contribution in [0.1, 0.15) is 6.92 Å². The summed E-state index contributed by atoms with van der Waals surface area (Å²) in [5.74, 6) is -3.25. The van der Waals surface area contributed by atoms with Crippen LogP contribution in [0.3, 0.4) is 0 Å². The van der Waals surface area contributed by atoms with E-state index in [4.69, 9.17) is 9.84 Å². The molecule has 0 saturated heterocycles. The van der Waals surface area contributed by atoms with E-state index in [9.17, 15) is 9.59 Å². The van der Waals surface area contributed by atoms with E-state index in [0.29, 0.717) is 6.61 Å². The Kier molecular flexibility index (Phi) is 7.23. The number of aliphatic carboxylic acids is 1. The molecule has 1 N–H and O–H groups in total. The highest BCUT2D eigenvalue weighted by Crippen LogP contribution is 2.02.